The van der Waals surface area contributed by atoms with Crippen LogP contribution in [0.25, 0.3) is 0 Å². The van der Waals surface area contributed by atoms with E-state index in [0.717, 1.165) is 37.3 Å². The lowest BCUT2D eigenvalue weighted by molar-refractivity contribution is -0.117. The highest BCUT2D eigenvalue weighted by molar-refractivity contribution is 6.74. The van der Waals surface area contributed by atoms with Gasteiger partial charge in [-0.2, -0.15) is 0 Å². The summed E-state index contributed by atoms with van der Waals surface area (Å²) >= 11 is 0. The molecular weight excluding hydrogens is 543 g/mol. The van der Waals surface area contributed by atoms with Gasteiger partial charge in [-0.1, -0.05) is 129 Å². The third kappa shape index (κ3) is 9.07. The fourth-order valence-electron chi connectivity index (χ4n) is 7.36. The van der Waals surface area contributed by atoms with Crippen LogP contribution in [0.2, 0.25) is 18.1 Å². The highest BCUT2D eigenvalue weighted by atomic mass is 28.4. The van der Waals surface area contributed by atoms with Gasteiger partial charge in [0.2, 0.25) is 5.91 Å². The lowest BCUT2D eigenvalue weighted by atomic mass is 9.76. The SMILES string of the molecule is CC(C)(C)c1ccc(CCC(CC2CCCCC2)O[Si](C)(C)C(C)(C)C)cc1NC(=O)CC1(c2ccccc2)CCCC1. The van der Waals surface area contributed by atoms with Crippen LogP contribution in [0.3, 0.4) is 0 Å². The molecule has 0 bridgehead atoms. The molecule has 43 heavy (non-hydrogen) atoms. The maximum absolute atomic E-state index is 13.7. The Morgan fingerprint density at radius 1 is 0.930 bits per heavy atom. The molecule has 2 aromatic rings. The van der Waals surface area contributed by atoms with Crippen LogP contribution in [0.15, 0.2) is 48.5 Å². The number of carbonyl (C=O) groups excluding carboxylic acids is 1. The number of hydrogen-bond acceptors (Lipinski definition) is 2. The Bertz CT molecular complexity index is 1180. The molecule has 4 rings (SSSR count). The van der Waals surface area contributed by atoms with Gasteiger partial charge in [0.05, 0.1) is 0 Å². The summed E-state index contributed by atoms with van der Waals surface area (Å²) in [6, 6.07) is 17.6. The summed E-state index contributed by atoms with van der Waals surface area (Å²) < 4.78 is 7.10. The van der Waals surface area contributed by atoms with E-state index in [4.69, 9.17) is 4.43 Å². The predicted octanol–water partition coefficient (Wildman–Crippen LogP) is 11.1. The fourth-order valence-corrected chi connectivity index (χ4v) is 8.76. The monoisotopic (exact) mass is 603 g/mol. The number of hydrogen-bond donors (Lipinski definition) is 1. The molecule has 0 aliphatic heterocycles. The Morgan fingerprint density at radius 3 is 2.19 bits per heavy atom. The molecule has 238 valence electrons. The van der Waals surface area contributed by atoms with Gasteiger partial charge >= 0.3 is 0 Å². The molecule has 0 spiro atoms. The van der Waals surface area contributed by atoms with Crippen molar-refractivity contribution in [3.8, 4) is 0 Å². The van der Waals surface area contributed by atoms with Crippen LogP contribution in [-0.2, 0) is 26.5 Å². The molecule has 2 aromatic carbocycles. The Hall–Kier alpha value is -1.91. The van der Waals surface area contributed by atoms with Crippen LogP contribution < -0.4 is 5.32 Å². The van der Waals surface area contributed by atoms with Gasteiger partial charge < -0.3 is 9.74 Å². The van der Waals surface area contributed by atoms with Crippen LogP contribution in [0.1, 0.15) is 135 Å². The molecule has 3 nitrogen and oxygen atoms in total. The average Bonchev–Trinajstić information content (AvgIpc) is 3.41. The molecule has 1 N–H and O–H groups in total. The maximum Gasteiger partial charge on any atom is 0.225 e. The summed E-state index contributed by atoms with van der Waals surface area (Å²) in [6.45, 7) is 18.6. The Kier molecular flexibility index (Phi) is 11.1. The van der Waals surface area contributed by atoms with Crippen LogP contribution in [-0.4, -0.2) is 20.3 Å². The van der Waals surface area contributed by atoms with Crippen molar-refractivity contribution < 1.29 is 9.22 Å². The zero-order valence-corrected chi connectivity index (χ0v) is 29.8. The minimum atomic E-state index is -1.87. The standard InChI is InChI=1S/C39H61NO2Si/c1-37(2,3)34-24-22-31(21-23-33(27-30-17-11-9-12-18-30)42-43(7,8)38(4,5)6)28-35(34)40-36(41)29-39(25-15-16-26-39)32-19-13-10-14-20-32/h10,13-14,19-20,22,24,28,30,33H,9,11-12,15-18,21,23,25-27,29H2,1-8H3,(H,40,41). The summed E-state index contributed by atoms with van der Waals surface area (Å²) in [4.78, 5) is 13.7. The fraction of sp³-hybridized carbons (Fsp3) is 0.667. The molecule has 2 aliphatic rings. The van der Waals surface area contributed by atoms with E-state index < -0.39 is 8.32 Å². The number of rotatable bonds is 11. The van der Waals surface area contributed by atoms with E-state index in [-0.39, 0.29) is 21.8 Å². The largest absolute Gasteiger partial charge is 0.414 e. The quantitative estimate of drug-likeness (QED) is 0.259. The van der Waals surface area contributed by atoms with Crippen molar-refractivity contribution in [3.05, 3.63) is 65.2 Å². The number of carbonyl (C=O) groups is 1. The minimum Gasteiger partial charge on any atom is -0.414 e. The first-order valence-electron chi connectivity index (χ1n) is 17.4. The molecule has 4 heteroatoms. The van der Waals surface area contributed by atoms with Crippen LogP contribution in [0, 0.1) is 5.92 Å². The molecule has 0 aromatic heterocycles. The van der Waals surface area contributed by atoms with Crippen molar-refractivity contribution in [3.63, 3.8) is 0 Å². The van der Waals surface area contributed by atoms with Gasteiger partial charge in [-0.3, -0.25) is 4.79 Å². The van der Waals surface area contributed by atoms with E-state index in [1.54, 1.807) is 0 Å². The third-order valence-corrected chi connectivity index (χ3v) is 15.5. The first-order valence-corrected chi connectivity index (χ1v) is 20.3. The Balaban J connectivity index is 1.51. The number of benzene rings is 2. The zero-order chi connectivity index (χ0) is 31.3. The lowest BCUT2D eigenvalue weighted by Gasteiger charge is -2.40. The van der Waals surface area contributed by atoms with E-state index in [1.165, 1.54) is 68.1 Å². The molecule has 0 heterocycles. The Morgan fingerprint density at radius 2 is 1.58 bits per heavy atom. The van der Waals surface area contributed by atoms with E-state index in [9.17, 15) is 4.79 Å². The van der Waals surface area contributed by atoms with Crippen molar-refractivity contribution >= 4 is 19.9 Å². The van der Waals surface area contributed by atoms with Gasteiger partial charge in [-0.25, -0.2) is 0 Å². The summed E-state index contributed by atoms with van der Waals surface area (Å²) in [5.74, 6) is 0.944. The van der Waals surface area contributed by atoms with Crippen molar-refractivity contribution in [2.24, 2.45) is 5.92 Å². The van der Waals surface area contributed by atoms with Crippen molar-refractivity contribution in [1.82, 2.24) is 0 Å². The third-order valence-electron chi connectivity index (χ3n) is 11.0. The molecule has 2 saturated carbocycles. The molecular formula is C39H61NO2Si. The summed E-state index contributed by atoms with van der Waals surface area (Å²) in [5.41, 5.74) is 4.72. The summed E-state index contributed by atoms with van der Waals surface area (Å²) in [6.07, 6.45) is 15.5. The topological polar surface area (TPSA) is 38.3 Å². The number of nitrogens with one attached hydrogen (secondary N) is 1. The molecule has 1 atom stereocenters. The van der Waals surface area contributed by atoms with E-state index in [0.29, 0.717) is 12.5 Å². The van der Waals surface area contributed by atoms with Crippen molar-refractivity contribution in [2.75, 3.05) is 5.32 Å². The first-order chi connectivity index (χ1) is 20.2. The Labute approximate surface area is 265 Å². The number of amides is 1. The van der Waals surface area contributed by atoms with Crippen molar-refractivity contribution in [1.29, 1.82) is 0 Å². The van der Waals surface area contributed by atoms with E-state index in [2.05, 4.69) is 108 Å². The second-order valence-electron chi connectivity index (χ2n) is 16.5. The van der Waals surface area contributed by atoms with Gasteiger partial charge in [0.15, 0.2) is 8.32 Å². The van der Waals surface area contributed by atoms with Crippen LogP contribution >= 0.6 is 0 Å². The molecule has 0 radical (unpaired) electrons. The molecule has 2 aliphatic carbocycles. The number of anilines is 1. The molecule has 1 amide bonds. The zero-order valence-electron chi connectivity index (χ0n) is 28.8. The first kappa shape index (κ1) is 34.0. The molecule has 0 saturated heterocycles. The molecule has 2 fully saturated rings. The summed E-state index contributed by atoms with van der Waals surface area (Å²) in [5, 5.41) is 3.64. The van der Waals surface area contributed by atoms with Gasteiger partial charge in [0, 0.05) is 23.6 Å². The number of aryl methyl sites for hydroxylation is 1. The smallest absolute Gasteiger partial charge is 0.225 e. The average molecular weight is 604 g/mol. The second-order valence-corrected chi connectivity index (χ2v) is 21.2. The molecule has 1 unspecified atom stereocenters. The maximum atomic E-state index is 13.7. The predicted molar refractivity (Wildman–Crippen MR) is 187 cm³/mol. The summed E-state index contributed by atoms with van der Waals surface area (Å²) in [7, 11) is -1.87. The highest BCUT2D eigenvalue weighted by Gasteiger charge is 2.40. The van der Waals surface area contributed by atoms with Gasteiger partial charge in [0.1, 0.15) is 0 Å². The van der Waals surface area contributed by atoms with Crippen LogP contribution in [0.5, 0.6) is 0 Å². The van der Waals surface area contributed by atoms with E-state index in [1.807, 2.05) is 0 Å². The lowest BCUT2D eigenvalue weighted by Crippen LogP contribution is -2.44. The van der Waals surface area contributed by atoms with Gasteiger partial charge in [-0.15, -0.1) is 0 Å². The van der Waals surface area contributed by atoms with Crippen molar-refractivity contribution in [2.45, 2.75) is 160 Å². The van der Waals surface area contributed by atoms with Gasteiger partial charge in [0.25, 0.3) is 0 Å². The van der Waals surface area contributed by atoms with Crippen LogP contribution in [0.4, 0.5) is 5.69 Å². The van der Waals surface area contributed by atoms with Gasteiger partial charge in [-0.05, 0) is 84.3 Å². The minimum absolute atomic E-state index is 0.0434. The second kappa shape index (κ2) is 14.0. The normalized spacial score (nSPS) is 18.9. The highest BCUT2D eigenvalue weighted by Crippen LogP contribution is 2.44. The van der Waals surface area contributed by atoms with E-state index >= 15 is 0 Å².